The molecule has 8 heteroatoms. The van der Waals surface area contributed by atoms with Gasteiger partial charge in [-0.15, -0.1) is 10.2 Å². The highest BCUT2D eigenvalue weighted by atomic mass is 35.5. The van der Waals surface area contributed by atoms with Crippen molar-refractivity contribution in [3.05, 3.63) is 94.5 Å². The number of carbonyl (C=O) groups is 1. The Morgan fingerprint density at radius 2 is 1.66 bits per heavy atom. The molecule has 4 aromatic rings. The first kappa shape index (κ1) is 22.4. The van der Waals surface area contributed by atoms with Gasteiger partial charge < -0.3 is 5.32 Å². The summed E-state index contributed by atoms with van der Waals surface area (Å²) in [7, 11) is 0. The first-order chi connectivity index (χ1) is 15.6. The molecule has 5 nitrogen and oxygen atoms in total. The van der Waals surface area contributed by atoms with Crippen molar-refractivity contribution in [3.63, 3.8) is 0 Å². The van der Waals surface area contributed by atoms with Gasteiger partial charge >= 0.3 is 0 Å². The second-order valence-corrected chi connectivity index (χ2v) is 8.76. The molecular formula is C24H20Cl2N4OS. The van der Waals surface area contributed by atoms with E-state index in [-0.39, 0.29) is 11.7 Å². The molecule has 162 valence electrons. The average Bonchev–Trinajstić information content (AvgIpc) is 3.22. The summed E-state index contributed by atoms with van der Waals surface area (Å²) < 4.78 is 1.90. The van der Waals surface area contributed by atoms with E-state index in [1.54, 1.807) is 12.1 Å². The van der Waals surface area contributed by atoms with Gasteiger partial charge in [-0.2, -0.15) is 0 Å². The lowest BCUT2D eigenvalue weighted by molar-refractivity contribution is -0.118. The van der Waals surface area contributed by atoms with Gasteiger partial charge in [0.2, 0.25) is 5.91 Å². The van der Waals surface area contributed by atoms with E-state index in [2.05, 4.69) is 15.5 Å². The molecule has 1 amide bonds. The number of para-hydroxylation sites is 1. The molecule has 1 N–H and O–H groups in total. The predicted octanol–water partition coefficient (Wildman–Crippen LogP) is 5.69. The molecule has 0 aliphatic carbocycles. The Balaban J connectivity index is 1.50. The van der Waals surface area contributed by atoms with Crippen molar-refractivity contribution in [1.82, 2.24) is 20.1 Å². The molecule has 0 fully saturated rings. The fourth-order valence-electron chi connectivity index (χ4n) is 3.19. The Hall–Kier alpha value is -2.80. The fourth-order valence-corrected chi connectivity index (χ4v) is 4.47. The van der Waals surface area contributed by atoms with Crippen LogP contribution in [0.25, 0.3) is 17.1 Å². The van der Waals surface area contributed by atoms with Crippen LogP contribution in [0.1, 0.15) is 5.56 Å². The Kier molecular flexibility index (Phi) is 7.47. The van der Waals surface area contributed by atoms with Gasteiger partial charge in [0, 0.05) is 22.8 Å². The Morgan fingerprint density at radius 3 is 2.38 bits per heavy atom. The number of hydrogen-bond acceptors (Lipinski definition) is 4. The van der Waals surface area contributed by atoms with Crippen LogP contribution >= 0.6 is 35.0 Å². The number of nitrogens with zero attached hydrogens (tertiary/aromatic N) is 3. The third-order valence-corrected chi connectivity index (χ3v) is 6.21. The summed E-state index contributed by atoms with van der Waals surface area (Å²) in [5, 5.41) is 13.3. The van der Waals surface area contributed by atoms with Crippen molar-refractivity contribution < 1.29 is 4.79 Å². The number of thioether (sulfide) groups is 1. The maximum Gasteiger partial charge on any atom is 0.230 e. The minimum atomic E-state index is -0.0559. The number of rotatable bonds is 8. The average molecular weight is 483 g/mol. The van der Waals surface area contributed by atoms with Crippen LogP contribution in [-0.4, -0.2) is 33.0 Å². The molecule has 32 heavy (non-hydrogen) atoms. The lowest BCUT2D eigenvalue weighted by Crippen LogP contribution is -2.27. The number of carbonyl (C=O) groups excluding carboxylic acids is 1. The summed E-state index contributed by atoms with van der Waals surface area (Å²) in [6, 6.07) is 25.1. The third-order valence-electron chi connectivity index (χ3n) is 4.73. The number of hydrogen-bond donors (Lipinski definition) is 1. The highest BCUT2D eigenvalue weighted by Crippen LogP contribution is 2.33. The summed E-state index contributed by atoms with van der Waals surface area (Å²) in [5.74, 6) is 0.762. The molecule has 4 rings (SSSR count). The summed E-state index contributed by atoms with van der Waals surface area (Å²) in [5.41, 5.74) is 2.78. The number of nitrogens with one attached hydrogen (secondary N) is 1. The molecule has 3 aromatic carbocycles. The zero-order valence-electron chi connectivity index (χ0n) is 17.0. The minimum Gasteiger partial charge on any atom is -0.355 e. The molecular weight excluding hydrogens is 463 g/mol. The van der Waals surface area contributed by atoms with E-state index in [4.69, 9.17) is 23.2 Å². The summed E-state index contributed by atoms with van der Waals surface area (Å²) in [4.78, 5) is 12.4. The van der Waals surface area contributed by atoms with Gasteiger partial charge in [0.25, 0.3) is 0 Å². The highest BCUT2D eigenvalue weighted by Gasteiger charge is 2.19. The maximum atomic E-state index is 12.4. The van der Waals surface area contributed by atoms with Crippen molar-refractivity contribution in [2.24, 2.45) is 0 Å². The van der Waals surface area contributed by atoms with E-state index >= 15 is 0 Å². The Bertz CT molecular complexity index is 1200. The number of benzene rings is 3. The van der Waals surface area contributed by atoms with Crippen LogP contribution in [0.15, 0.2) is 84.0 Å². The molecule has 0 bridgehead atoms. The maximum absolute atomic E-state index is 12.4. The van der Waals surface area contributed by atoms with E-state index in [0.29, 0.717) is 33.1 Å². The Labute approximate surface area is 200 Å². The van der Waals surface area contributed by atoms with Crippen LogP contribution in [0.2, 0.25) is 10.0 Å². The van der Waals surface area contributed by atoms with Gasteiger partial charge in [0.15, 0.2) is 11.0 Å². The van der Waals surface area contributed by atoms with E-state index in [1.807, 2.05) is 71.3 Å². The number of halogens is 2. The lowest BCUT2D eigenvalue weighted by atomic mass is 10.1. The monoisotopic (exact) mass is 482 g/mol. The van der Waals surface area contributed by atoms with Gasteiger partial charge in [-0.05, 0) is 42.3 Å². The molecule has 0 unspecified atom stereocenters. The van der Waals surface area contributed by atoms with Crippen molar-refractivity contribution in [1.29, 1.82) is 0 Å². The smallest absolute Gasteiger partial charge is 0.230 e. The molecule has 0 atom stereocenters. The topological polar surface area (TPSA) is 59.8 Å². The van der Waals surface area contributed by atoms with Crippen LogP contribution in [-0.2, 0) is 11.2 Å². The highest BCUT2D eigenvalue weighted by molar-refractivity contribution is 7.99. The van der Waals surface area contributed by atoms with Gasteiger partial charge in [-0.1, -0.05) is 83.5 Å². The molecule has 0 aliphatic rings. The first-order valence-corrected chi connectivity index (χ1v) is 11.8. The summed E-state index contributed by atoms with van der Waals surface area (Å²) >= 11 is 13.8. The van der Waals surface area contributed by atoms with Gasteiger partial charge in [0.05, 0.1) is 10.8 Å². The van der Waals surface area contributed by atoms with Crippen molar-refractivity contribution in [2.75, 3.05) is 12.3 Å². The third kappa shape index (κ3) is 5.51. The van der Waals surface area contributed by atoms with Crippen molar-refractivity contribution in [2.45, 2.75) is 11.6 Å². The van der Waals surface area contributed by atoms with E-state index in [1.165, 1.54) is 17.3 Å². The zero-order valence-corrected chi connectivity index (χ0v) is 19.4. The molecule has 0 spiro atoms. The molecule has 0 saturated carbocycles. The summed E-state index contributed by atoms with van der Waals surface area (Å²) in [6.07, 6.45) is 0.788. The SMILES string of the molecule is O=C(CSc1nnc(-c2ccc(Cl)cc2Cl)n1-c1ccccc1)NCCc1ccccc1. The number of amides is 1. The zero-order chi connectivity index (χ0) is 22.3. The quantitative estimate of drug-likeness (QED) is 0.327. The normalized spacial score (nSPS) is 10.8. The molecule has 1 aromatic heterocycles. The van der Waals surface area contributed by atoms with E-state index < -0.39 is 0 Å². The lowest BCUT2D eigenvalue weighted by Gasteiger charge is -2.11. The fraction of sp³-hybridized carbons (Fsp3) is 0.125. The molecule has 0 saturated heterocycles. The predicted molar refractivity (Wildman–Crippen MR) is 131 cm³/mol. The largest absolute Gasteiger partial charge is 0.355 e. The second-order valence-electron chi connectivity index (χ2n) is 6.98. The first-order valence-electron chi connectivity index (χ1n) is 10.0. The standard InChI is InChI=1S/C24H20Cl2N4OS/c25-18-11-12-20(21(26)15-18)23-28-29-24(30(23)19-9-5-2-6-10-19)32-16-22(31)27-14-13-17-7-3-1-4-8-17/h1-12,15H,13-14,16H2,(H,27,31). The van der Waals surface area contributed by atoms with Gasteiger partial charge in [0.1, 0.15) is 0 Å². The second kappa shape index (κ2) is 10.7. The minimum absolute atomic E-state index is 0.0559. The van der Waals surface area contributed by atoms with E-state index in [0.717, 1.165) is 12.1 Å². The van der Waals surface area contributed by atoms with Crippen LogP contribution < -0.4 is 5.32 Å². The molecule has 0 aliphatic heterocycles. The van der Waals surface area contributed by atoms with Crippen molar-refractivity contribution in [3.8, 4) is 17.1 Å². The van der Waals surface area contributed by atoms with Crippen LogP contribution in [0.4, 0.5) is 0 Å². The van der Waals surface area contributed by atoms with Gasteiger partial charge in [-0.3, -0.25) is 9.36 Å². The van der Waals surface area contributed by atoms with E-state index in [9.17, 15) is 4.79 Å². The Morgan fingerprint density at radius 1 is 0.938 bits per heavy atom. The molecule has 1 heterocycles. The van der Waals surface area contributed by atoms with Crippen LogP contribution in [0.5, 0.6) is 0 Å². The van der Waals surface area contributed by atoms with Gasteiger partial charge in [-0.25, -0.2) is 0 Å². The number of aromatic nitrogens is 3. The van der Waals surface area contributed by atoms with Crippen molar-refractivity contribution >= 4 is 40.9 Å². The summed E-state index contributed by atoms with van der Waals surface area (Å²) in [6.45, 7) is 0.584. The molecule has 0 radical (unpaired) electrons. The van der Waals surface area contributed by atoms with Crippen LogP contribution in [0, 0.1) is 0 Å². The van der Waals surface area contributed by atoms with Crippen LogP contribution in [0.3, 0.4) is 0 Å².